The number of rotatable bonds is 8. The van der Waals surface area contributed by atoms with Crippen molar-refractivity contribution in [2.45, 2.75) is 46.1 Å². The van der Waals surface area contributed by atoms with Crippen molar-refractivity contribution in [1.82, 2.24) is 5.32 Å². The minimum atomic E-state index is 0.0372. The summed E-state index contributed by atoms with van der Waals surface area (Å²) in [6.07, 6.45) is 3.27. The molecule has 27 heavy (non-hydrogen) atoms. The number of hydrogen-bond acceptors (Lipinski definition) is 2. The van der Waals surface area contributed by atoms with Crippen LogP contribution < -0.4 is 10.2 Å². The summed E-state index contributed by atoms with van der Waals surface area (Å²) >= 11 is 0. The quantitative estimate of drug-likeness (QED) is 0.769. The molecule has 2 aromatic carbocycles. The molecule has 0 unspecified atom stereocenters. The summed E-state index contributed by atoms with van der Waals surface area (Å²) in [5.74, 6) is 0.397. The van der Waals surface area contributed by atoms with Crippen LogP contribution in [0.1, 0.15) is 42.9 Å². The summed E-state index contributed by atoms with van der Waals surface area (Å²) < 4.78 is 0. The molecule has 1 aliphatic carbocycles. The lowest BCUT2D eigenvalue weighted by Gasteiger charge is -2.23. The Bertz CT molecular complexity index is 777. The fourth-order valence-electron chi connectivity index (χ4n) is 3.03. The van der Waals surface area contributed by atoms with Crippen LogP contribution in [0.3, 0.4) is 0 Å². The number of hydrogen-bond donors (Lipinski definition) is 1. The minimum Gasteiger partial charge on any atom is -0.356 e. The van der Waals surface area contributed by atoms with Gasteiger partial charge in [0, 0.05) is 18.2 Å². The monoisotopic (exact) mass is 364 g/mol. The number of carbonyl (C=O) groups is 2. The standard InChI is InChI=1S/C23H28N2O2/c1-3-14-24-22(26)15-18-8-12-21(13-9-18)25(23(27)20-10-11-20)16-19-6-4-17(2)5-7-19/h4-9,12-13,20H,3,10-11,14-16H2,1-2H3,(H,24,26). The number of anilines is 1. The van der Waals surface area contributed by atoms with Crippen molar-refractivity contribution in [3.63, 3.8) is 0 Å². The molecule has 0 saturated heterocycles. The molecule has 4 heteroatoms. The molecule has 0 bridgehead atoms. The molecule has 1 aliphatic rings. The van der Waals surface area contributed by atoms with Crippen LogP contribution in [0.5, 0.6) is 0 Å². The minimum absolute atomic E-state index is 0.0372. The molecule has 0 atom stereocenters. The second-order valence-corrected chi connectivity index (χ2v) is 7.38. The Morgan fingerprint density at radius 3 is 2.22 bits per heavy atom. The van der Waals surface area contributed by atoms with Crippen molar-refractivity contribution in [2.24, 2.45) is 5.92 Å². The highest BCUT2D eigenvalue weighted by Crippen LogP contribution is 2.33. The molecule has 2 aromatic rings. The third-order valence-corrected chi connectivity index (χ3v) is 4.84. The van der Waals surface area contributed by atoms with Crippen LogP contribution in [0.4, 0.5) is 5.69 Å². The molecule has 4 nitrogen and oxygen atoms in total. The van der Waals surface area contributed by atoms with Crippen LogP contribution in [0.15, 0.2) is 48.5 Å². The maximum Gasteiger partial charge on any atom is 0.230 e. The van der Waals surface area contributed by atoms with E-state index in [0.29, 0.717) is 19.5 Å². The van der Waals surface area contributed by atoms with Crippen LogP contribution in [-0.2, 0) is 22.6 Å². The zero-order valence-electron chi connectivity index (χ0n) is 16.2. The van der Waals surface area contributed by atoms with Gasteiger partial charge in [0.05, 0.1) is 13.0 Å². The van der Waals surface area contributed by atoms with E-state index in [0.717, 1.165) is 36.1 Å². The Balaban J connectivity index is 1.72. The number of benzene rings is 2. The van der Waals surface area contributed by atoms with Gasteiger partial charge in [0.15, 0.2) is 0 Å². The molecule has 0 aliphatic heterocycles. The topological polar surface area (TPSA) is 49.4 Å². The Hall–Kier alpha value is -2.62. The average molecular weight is 364 g/mol. The lowest BCUT2D eigenvalue weighted by atomic mass is 10.1. The van der Waals surface area contributed by atoms with E-state index in [1.807, 2.05) is 36.1 Å². The maximum absolute atomic E-state index is 12.8. The highest BCUT2D eigenvalue weighted by atomic mass is 16.2. The molecule has 0 aromatic heterocycles. The molecule has 3 rings (SSSR count). The van der Waals surface area contributed by atoms with E-state index in [-0.39, 0.29) is 17.7 Å². The zero-order valence-corrected chi connectivity index (χ0v) is 16.2. The largest absolute Gasteiger partial charge is 0.356 e. The molecule has 0 radical (unpaired) electrons. The van der Waals surface area contributed by atoms with Crippen molar-refractivity contribution in [2.75, 3.05) is 11.4 Å². The van der Waals surface area contributed by atoms with Crippen LogP contribution >= 0.6 is 0 Å². The van der Waals surface area contributed by atoms with Gasteiger partial charge in [-0.2, -0.15) is 0 Å². The fraction of sp³-hybridized carbons (Fsp3) is 0.391. The number of aryl methyl sites for hydroxylation is 1. The van der Waals surface area contributed by atoms with Crippen molar-refractivity contribution in [3.8, 4) is 0 Å². The van der Waals surface area contributed by atoms with Gasteiger partial charge in [-0.05, 0) is 49.4 Å². The SMILES string of the molecule is CCCNC(=O)Cc1ccc(N(Cc2ccc(C)cc2)C(=O)C2CC2)cc1. The second kappa shape index (κ2) is 8.85. The van der Waals surface area contributed by atoms with Crippen LogP contribution in [0, 0.1) is 12.8 Å². The summed E-state index contributed by atoms with van der Waals surface area (Å²) in [6.45, 7) is 5.38. The molecule has 142 valence electrons. The van der Waals surface area contributed by atoms with Gasteiger partial charge in [-0.25, -0.2) is 0 Å². The molecule has 0 spiro atoms. The van der Waals surface area contributed by atoms with Crippen LogP contribution in [-0.4, -0.2) is 18.4 Å². The summed E-state index contributed by atoms with van der Waals surface area (Å²) in [5, 5.41) is 2.89. The van der Waals surface area contributed by atoms with E-state index in [1.54, 1.807) is 0 Å². The second-order valence-electron chi connectivity index (χ2n) is 7.38. The smallest absolute Gasteiger partial charge is 0.230 e. The molecule has 1 saturated carbocycles. The van der Waals surface area contributed by atoms with Crippen molar-refractivity contribution in [1.29, 1.82) is 0 Å². The highest BCUT2D eigenvalue weighted by molar-refractivity contribution is 5.96. The Kier molecular flexibility index (Phi) is 6.28. The summed E-state index contributed by atoms with van der Waals surface area (Å²) in [6, 6.07) is 16.1. The van der Waals surface area contributed by atoms with Gasteiger partial charge in [0.25, 0.3) is 0 Å². The third kappa shape index (κ3) is 5.43. The Morgan fingerprint density at radius 1 is 1.00 bits per heavy atom. The first-order valence-electron chi connectivity index (χ1n) is 9.79. The van der Waals surface area contributed by atoms with Crippen LogP contribution in [0.2, 0.25) is 0 Å². The number of nitrogens with zero attached hydrogens (tertiary/aromatic N) is 1. The Labute approximate surface area is 161 Å². The van der Waals surface area contributed by atoms with Gasteiger partial charge in [0.1, 0.15) is 0 Å². The molecular weight excluding hydrogens is 336 g/mol. The zero-order chi connectivity index (χ0) is 19.2. The number of nitrogens with one attached hydrogen (secondary N) is 1. The number of amides is 2. The van der Waals surface area contributed by atoms with E-state index in [1.165, 1.54) is 5.56 Å². The normalized spacial score (nSPS) is 13.3. The van der Waals surface area contributed by atoms with Gasteiger partial charge >= 0.3 is 0 Å². The van der Waals surface area contributed by atoms with Gasteiger partial charge in [0.2, 0.25) is 11.8 Å². The average Bonchev–Trinajstić information content (AvgIpc) is 3.51. The predicted molar refractivity (Wildman–Crippen MR) is 109 cm³/mol. The van der Waals surface area contributed by atoms with Crippen molar-refractivity contribution in [3.05, 3.63) is 65.2 Å². The summed E-state index contributed by atoms with van der Waals surface area (Å²) in [7, 11) is 0. The van der Waals surface area contributed by atoms with E-state index >= 15 is 0 Å². The van der Waals surface area contributed by atoms with E-state index in [4.69, 9.17) is 0 Å². The maximum atomic E-state index is 12.8. The summed E-state index contributed by atoms with van der Waals surface area (Å²) in [5.41, 5.74) is 4.19. The lowest BCUT2D eigenvalue weighted by Crippen LogP contribution is -2.31. The molecule has 1 fully saturated rings. The first kappa shape index (κ1) is 19.2. The predicted octanol–water partition coefficient (Wildman–Crippen LogP) is 4.01. The van der Waals surface area contributed by atoms with E-state index in [9.17, 15) is 9.59 Å². The number of carbonyl (C=O) groups excluding carboxylic acids is 2. The Morgan fingerprint density at radius 2 is 1.63 bits per heavy atom. The molecule has 2 amide bonds. The van der Waals surface area contributed by atoms with Crippen LogP contribution in [0.25, 0.3) is 0 Å². The first-order chi connectivity index (χ1) is 13.1. The fourth-order valence-corrected chi connectivity index (χ4v) is 3.03. The van der Waals surface area contributed by atoms with Gasteiger partial charge in [-0.3, -0.25) is 9.59 Å². The van der Waals surface area contributed by atoms with Gasteiger partial charge in [-0.1, -0.05) is 48.9 Å². The summed E-state index contributed by atoms with van der Waals surface area (Å²) in [4.78, 5) is 26.6. The first-order valence-corrected chi connectivity index (χ1v) is 9.79. The molecule has 0 heterocycles. The van der Waals surface area contributed by atoms with Crippen molar-refractivity contribution < 1.29 is 9.59 Å². The highest BCUT2D eigenvalue weighted by Gasteiger charge is 2.34. The van der Waals surface area contributed by atoms with Gasteiger partial charge < -0.3 is 10.2 Å². The van der Waals surface area contributed by atoms with Gasteiger partial charge in [-0.15, -0.1) is 0 Å². The van der Waals surface area contributed by atoms with E-state index < -0.39 is 0 Å². The van der Waals surface area contributed by atoms with Crippen molar-refractivity contribution >= 4 is 17.5 Å². The molecular formula is C23H28N2O2. The lowest BCUT2D eigenvalue weighted by molar-refractivity contribution is -0.121. The molecule has 1 N–H and O–H groups in total. The third-order valence-electron chi connectivity index (χ3n) is 4.84. The van der Waals surface area contributed by atoms with E-state index in [2.05, 4.69) is 36.5 Å².